The van der Waals surface area contributed by atoms with E-state index in [4.69, 9.17) is 5.26 Å². The van der Waals surface area contributed by atoms with Gasteiger partial charge in [-0.1, -0.05) is 0 Å². The lowest BCUT2D eigenvalue weighted by Gasteiger charge is -1.96. The minimum Gasteiger partial charge on any atom is -0.306 e. The van der Waals surface area contributed by atoms with Crippen LogP contribution in [-0.2, 0) is 0 Å². The smallest absolute Gasteiger partial charge is 0.138 e. The number of rotatable bonds is 0. The molecular weight excluding hydrogens is 218 g/mol. The molecular formula is C8H4BrN3. The monoisotopic (exact) mass is 221 g/mol. The van der Waals surface area contributed by atoms with Crippen molar-refractivity contribution in [1.29, 1.82) is 5.26 Å². The Morgan fingerprint density at radius 2 is 2.42 bits per heavy atom. The van der Waals surface area contributed by atoms with Gasteiger partial charge in [0.25, 0.3) is 0 Å². The van der Waals surface area contributed by atoms with Crippen molar-refractivity contribution in [3.05, 3.63) is 34.7 Å². The molecule has 0 aromatic carbocycles. The fourth-order valence-corrected chi connectivity index (χ4v) is 1.44. The summed E-state index contributed by atoms with van der Waals surface area (Å²) in [6, 6.07) is 3.82. The second kappa shape index (κ2) is 2.61. The minimum atomic E-state index is 0.605. The van der Waals surface area contributed by atoms with Crippen LogP contribution in [0.2, 0.25) is 0 Å². The zero-order valence-electron chi connectivity index (χ0n) is 6.03. The van der Waals surface area contributed by atoms with Crippen molar-refractivity contribution < 1.29 is 0 Å². The normalized spacial score (nSPS) is 10.0. The number of hydrogen-bond donors (Lipinski definition) is 0. The number of aromatic nitrogens is 2. The first-order valence-corrected chi connectivity index (χ1v) is 4.13. The van der Waals surface area contributed by atoms with Crippen LogP contribution < -0.4 is 0 Å². The molecule has 2 aromatic rings. The zero-order valence-corrected chi connectivity index (χ0v) is 7.62. The van der Waals surface area contributed by atoms with Crippen LogP contribution in [-0.4, -0.2) is 9.38 Å². The Bertz CT molecular complexity index is 467. The molecule has 0 aliphatic heterocycles. The van der Waals surface area contributed by atoms with Crippen LogP contribution in [0.1, 0.15) is 5.56 Å². The summed E-state index contributed by atoms with van der Waals surface area (Å²) in [4.78, 5) is 4.06. The Labute approximate surface area is 77.4 Å². The number of halogens is 1. The second-order valence-electron chi connectivity index (χ2n) is 2.34. The lowest BCUT2D eigenvalue weighted by Crippen LogP contribution is -1.86. The molecule has 3 nitrogen and oxygen atoms in total. The molecule has 0 spiro atoms. The van der Waals surface area contributed by atoms with E-state index in [9.17, 15) is 0 Å². The van der Waals surface area contributed by atoms with E-state index in [1.54, 1.807) is 12.3 Å². The highest BCUT2D eigenvalue weighted by atomic mass is 79.9. The van der Waals surface area contributed by atoms with Crippen LogP contribution in [0.5, 0.6) is 0 Å². The Kier molecular flexibility index (Phi) is 1.59. The number of imidazole rings is 1. The molecule has 12 heavy (non-hydrogen) atoms. The Hall–Kier alpha value is -1.34. The molecule has 0 saturated carbocycles. The summed E-state index contributed by atoms with van der Waals surface area (Å²) < 4.78 is 2.64. The molecule has 0 amide bonds. The summed E-state index contributed by atoms with van der Waals surface area (Å²) in [5.41, 5.74) is 1.39. The predicted molar refractivity (Wildman–Crippen MR) is 47.6 cm³/mol. The maximum absolute atomic E-state index is 8.70. The van der Waals surface area contributed by atoms with Gasteiger partial charge in [-0.05, 0) is 15.9 Å². The molecule has 0 aliphatic rings. The van der Waals surface area contributed by atoms with E-state index in [-0.39, 0.29) is 0 Å². The summed E-state index contributed by atoms with van der Waals surface area (Å²) in [6.07, 6.45) is 5.35. The molecule has 0 unspecified atom stereocenters. The van der Waals surface area contributed by atoms with Gasteiger partial charge in [0.15, 0.2) is 0 Å². The van der Waals surface area contributed by atoms with Crippen LogP contribution in [0.3, 0.4) is 0 Å². The summed E-state index contributed by atoms with van der Waals surface area (Å²) in [5.74, 6) is 0. The molecule has 4 heteroatoms. The van der Waals surface area contributed by atoms with Crippen LogP contribution in [0, 0.1) is 11.3 Å². The number of hydrogen-bond acceptors (Lipinski definition) is 2. The van der Waals surface area contributed by atoms with E-state index in [1.807, 2.05) is 16.8 Å². The first-order valence-electron chi connectivity index (χ1n) is 3.33. The standard InChI is InChI=1S/C8H4BrN3/c9-7-5-12-2-1-11-8(12)3-6(7)4-10/h1-3,5H. The number of pyridine rings is 1. The largest absolute Gasteiger partial charge is 0.306 e. The van der Waals surface area contributed by atoms with Gasteiger partial charge in [0.1, 0.15) is 11.7 Å². The fraction of sp³-hybridized carbons (Fsp3) is 0. The van der Waals surface area contributed by atoms with Crippen LogP contribution >= 0.6 is 15.9 Å². The SMILES string of the molecule is N#Cc1cc2nccn2cc1Br. The number of nitrogens with zero attached hydrogens (tertiary/aromatic N) is 3. The molecule has 0 aliphatic carbocycles. The molecule has 0 saturated heterocycles. The third kappa shape index (κ3) is 0.990. The van der Waals surface area contributed by atoms with Gasteiger partial charge in [-0.15, -0.1) is 0 Å². The van der Waals surface area contributed by atoms with Gasteiger partial charge < -0.3 is 4.40 Å². The third-order valence-corrected chi connectivity index (χ3v) is 2.23. The Morgan fingerprint density at radius 1 is 1.58 bits per heavy atom. The topological polar surface area (TPSA) is 41.1 Å². The molecule has 0 radical (unpaired) electrons. The van der Waals surface area contributed by atoms with E-state index in [1.165, 1.54) is 0 Å². The van der Waals surface area contributed by atoms with Crippen molar-refractivity contribution in [2.75, 3.05) is 0 Å². The first-order chi connectivity index (χ1) is 5.81. The lowest BCUT2D eigenvalue weighted by atomic mass is 10.3. The summed E-state index contributed by atoms with van der Waals surface area (Å²) >= 11 is 3.29. The van der Waals surface area contributed by atoms with Crippen molar-refractivity contribution >= 4 is 21.6 Å². The van der Waals surface area contributed by atoms with Gasteiger partial charge in [-0.2, -0.15) is 5.26 Å². The van der Waals surface area contributed by atoms with Crippen molar-refractivity contribution in [3.8, 4) is 6.07 Å². The quantitative estimate of drug-likeness (QED) is 0.683. The van der Waals surface area contributed by atoms with E-state index in [2.05, 4.69) is 27.0 Å². The fourth-order valence-electron chi connectivity index (χ4n) is 1.02. The van der Waals surface area contributed by atoms with Crippen molar-refractivity contribution in [2.45, 2.75) is 0 Å². The Balaban J connectivity index is 2.84. The summed E-state index contributed by atoms with van der Waals surface area (Å²) in [7, 11) is 0. The van der Waals surface area contributed by atoms with E-state index in [0.717, 1.165) is 10.1 Å². The summed E-state index contributed by atoms with van der Waals surface area (Å²) in [6.45, 7) is 0. The highest BCUT2D eigenvalue weighted by Crippen LogP contribution is 2.16. The minimum absolute atomic E-state index is 0.605. The van der Waals surface area contributed by atoms with E-state index >= 15 is 0 Å². The average molecular weight is 222 g/mol. The molecule has 0 fully saturated rings. The van der Waals surface area contributed by atoms with Gasteiger partial charge in [0, 0.05) is 24.7 Å². The van der Waals surface area contributed by atoms with Gasteiger partial charge in [-0.3, -0.25) is 0 Å². The number of nitriles is 1. The molecule has 2 aromatic heterocycles. The van der Waals surface area contributed by atoms with E-state index in [0.29, 0.717) is 5.56 Å². The molecule has 2 heterocycles. The van der Waals surface area contributed by atoms with Crippen LogP contribution in [0.15, 0.2) is 29.1 Å². The van der Waals surface area contributed by atoms with E-state index < -0.39 is 0 Å². The first kappa shape index (κ1) is 7.32. The second-order valence-corrected chi connectivity index (χ2v) is 3.19. The van der Waals surface area contributed by atoms with Crippen LogP contribution in [0.25, 0.3) is 5.65 Å². The maximum Gasteiger partial charge on any atom is 0.138 e. The average Bonchev–Trinajstić information content (AvgIpc) is 2.49. The maximum atomic E-state index is 8.70. The molecule has 58 valence electrons. The Morgan fingerprint density at radius 3 is 3.17 bits per heavy atom. The highest BCUT2D eigenvalue weighted by molar-refractivity contribution is 9.10. The van der Waals surface area contributed by atoms with Gasteiger partial charge in [0.05, 0.1) is 10.0 Å². The van der Waals surface area contributed by atoms with Gasteiger partial charge in [-0.25, -0.2) is 4.98 Å². The van der Waals surface area contributed by atoms with Crippen LogP contribution in [0.4, 0.5) is 0 Å². The highest BCUT2D eigenvalue weighted by Gasteiger charge is 2.01. The van der Waals surface area contributed by atoms with Gasteiger partial charge in [0.2, 0.25) is 0 Å². The molecule has 0 N–H and O–H groups in total. The third-order valence-electron chi connectivity index (χ3n) is 1.60. The van der Waals surface area contributed by atoms with Gasteiger partial charge >= 0.3 is 0 Å². The zero-order chi connectivity index (χ0) is 8.55. The molecule has 2 rings (SSSR count). The number of fused-ring (bicyclic) bond motifs is 1. The molecule has 0 bridgehead atoms. The van der Waals surface area contributed by atoms with Crippen molar-refractivity contribution in [1.82, 2.24) is 9.38 Å². The summed E-state index contributed by atoms with van der Waals surface area (Å²) in [5, 5.41) is 8.70. The lowest BCUT2D eigenvalue weighted by molar-refractivity contribution is 1.17. The molecule has 0 atom stereocenters. The predicted octanol–water partition coefficient (Wildman–Crippen LogP) is 1.97. The van der Waals surface area contributed by atoms with Crippen molar-refractivity contribution in [2.24, 2.45) is 0 Å². The van der Waals surface area contributed by atoms with Crippen molar-refractivity contribution in [3.63, 3.8) is 0 Å².